The molecule has 0 unspecified atom stereocenters. The fourth-order valence-electron chi connectivity index (χ4n) is 1.26. The van der Waals surface area contributed by atoms with Crippen molar-refractivity contribution in [2.75, 3.05) is 13.2 Å². The summed E-state index contributed by atoms with van der Waals surface area (Å²) in [6.07, 6.45) is 12.3. The first kappa shape index (κ1) is 15.8. The van der Waals surface area contributed by atoms with Crippen molar-refractivity contribution >= 4 is 5.97 Å². The molecule has 0 amide bonds. The normalized spacial score (nSPS) is 11.2. The zero-order valence-corrected chi connectivity index (χ0v) is 11.3. The van der Waals surface area contributed by atoms with Gasteiger partial charge in [0.15, 0.2) is 0 Å². The molecule has 0 aromatic carbocycles. The van der Waals surface area contributed by atoms with E-state index in [4.69, 9.17) is 4.74 Å². The predicted molar refractivity (Wildman–Crippen MR) is 71.4 cm³/mol. The number of hydrogen-bond donors (Lipinski definition) is 0. The van der Waals surface area contributed by atoms with E-state index in [1.165, 1.54) is 0 Å². The molecule has 0 rings (SSSR count). The lowest BCUT2D eigenvalue weighted by molar-refractivity contribution is -0.143. The summed E-state index contributed by atoms with van der Waals surface area (Å²) in [6, 6.07) is 0. The van der Waals surface area contributed by atoms with Gasteiger partial charge in [0.05, 0.1) is 6.61 Å². The maximum absolute atomic E-state index is 11.4. The highest BCUT2D eigenvalue weighted by molar-refractivity contribution is 5.71. The molecule has 0 radical (unpaired) electrons. The Bertz CT molecular complexity index is 231. The Labute approximate surface area is 105 Å². The Kier molecular flexibility index (Phi) is 10.4. The Morgan fingerprint density at radius 1 is 1.06 bits per heavy atom. The Morgan fingerprint density at radius 2 is 1.59 bits per heavy atom. The standard InChI is InChI=1S/C14H25NO2/c1-4-7-9-11-15(12-10-8-5-2)13-14(16)17-6-3/h9-12H,4-8,13H2,1-3H3. The van der Waals surface area contributed by atoms with E-state index in [-0.39, 0.29) is 12.5 Å². The van der Waals surface area contributed by atoms with E-state index in [2.05, 4.69) is 26.0 Å². The minimum atomic E-state index is -0.185. The summed E-state index contributed by atoms with van der Waals surface area (Å²) in [5.41, 5.74) is 0. The van der Waals surface area contributed by atoms with Gasteiger partial charge in [0.2, 0.25) is 0 Å². The van der Waals surface area contributed by atoms with Crippen molar-refractivity contribution in [1.29, 1.82) is 0 Å². The molecule has 0 saturated heterocycles. The van der Waals surface area contributed by atoms with Crippen molar-refractivity contribution in [1.82, 2.24) is 4.90 Å². The molecule has 0 saturated carbocycles. The molecule has 3 nitrogen and oxygen atoms in total. The van der Waals surface area contributed by atoms with Crippen LogP contribution in [0.15, 0.2) is 24.6 Å². The van der Waals surface area contributed by atoms with Gasteiger partial charge >= 0.3 is 5.97 Å². The lowest BCUT2D eigenvalue weighted by Gasteiger charge is -2.14. The van der Waals surface area contributed by atoms with E-state index in [0.717, 1.165) is 25.7 Å². The average Bonchev–Trinajstić information content (AvgIpc) is 2.29. The summed E-state index contributed by atoms with van der Waals surface area (Å²) in [4.78, 5) is 13.3. The van der Waals surface area contributed by atoms with Crippen LogP contribution in [0.2, 0.25) is 0 Å². The van der Waals surface area contributed by atoms with Gasteiger partial charge in [0.25, 0.3) is 0 Å². The molecule has 98 valence electrons. The highest BCUT2D eigenvalue weighted by atomic mass is 16.5. The van der Waals surface area contributed by atoms with Crippen LogP contribution in [0, 0.1) is 0 Å². The molecular weight excluding hydrogens is 214 g/mol. The first-order valence-corrected chi connectivity index (χ1v) is 6.49. The number of ether oxygens (including phenoxy) is 1. The highest BCUT2D eigenvalue weighted by Gasteiger charge is 2.04. The number of nitrogens with zero attached hydrogens (tertiary/aromatic N) is 1. The maximum Gasteiger partial charge on any atom is 0.325 e. The lowest BCUT2D eigenvalue weighted by Crippen LogP contribution is -2.22. The molecule has 0 fully saturated rings. The van der Waals surface area contributed by atoms with Crippen LogP contribution >= 0.6 is 0 Å². The number of allylic oxidation sites excluding steroid dienone is 2. The van der Waals surface area contributed by atoms with Crippen molar-refractivity contribution in [2.45, 2.75) is 46.5 Å². The van der Waals surface area contributed by atoms with E-state index in [1.807, 2.05) is 24.2 Å². The van der Waals surface area contributed by atoms with Gasteiger partial charge in [0.1, 0.15) is 6.54 Å². The molecule has 0 spiro atoms. The third kappa shape index (κ3) is 9.67. The van der Waals surface area contributed by atoms with Crippen molar-refractivity contribution in [3.63, 3.8) is 0 Å². The van der Waals surface area contributed by atoms with Gasteiger partial charge in [-0.05, 0) is 19.8 Å². The largest absolute Gasteiger partial charge is 0.465 e. The van der Waals surface area contributed by atoms with Gasteiger partial charge in [-0.2, -0.15) is 0 Å². The van der Waals surface area contributed by atoms with E-state index < -0.39 is 0 Å². The third-order valence-corrected chi connectivity index (χ3v) is 2.12. The maximum atomic E-state index is 11.4. The van der Waals surface area contributed by atoms with E-state index in [9.17, 15) is 4.79 Å². The predicted octanol–water partition coefficient (Wildman–Crippen LogP) is 3.48. The van der Waals surface area contributed by atoms with Crippen LogP contribution in [0.25, 0.3) is 0 Å². The molecule has 0 heterocycles. The average molecular weight is 239 g/mol. The van der Waals surface area contributed by atoms with Crippen molar-refractivity contribution < 1.29 is 9.53 Å². The number of carbonyl (C=O) groups excluding carboxylic acids is 1. The quantitative estimate of drug-likeness (QED) is 0.577. The molecule has 17 heavy (non-hydrogen) atoms. The molecule has 3 heteroatoms. The second kappa shape index (κ2) is 11.2. The van der Waals surface area contributed by atoms with E-state index in [0.29, 0.717) is 6.61 Å². The number of carbonyl (C=O) groups is 1. The van der Waals surface area contributed by atoms with Crippen LogP contribution in [0.4, 0.5) is 0 Å². The first-order chi connectivity index (χ1) is 8.24. The van der Waals surface area contributed by atoms with Crippen molar-refractivity contribution in [3.8, 4) is 0 Å². The second-order valence-electron chi connectivity index (χ2n) is 3.82. The summed E-state index contributed by atoms with van der Waals surface area (Å²) in [5.74, 6) is -0.185. The van der Waals surface area contributed by atoms with E-state index in [1.54, 1.807) is 0 Å². The number of rotatable bonds is 9. The molecule has 0 atom stereocenters. The topological polar surface area (TPSA) is 29.5 Å². The Balaban J connectivity index is 4.23. The van der Waals surface area contributed by atoms with Crippen LogP contribution in [-0.4, -0.2) is 24.0 Å². The van der Waals surface area contributed by atoms with Gasteiger partial charge in [0, 0.05) is 12.4 Å². The smallest absolute Gasteiger partial charge is 0.325 e. The highest BCUT2D eigenvalue weighted by Crippen LogP contribution is 1.99. The fraction of sp³-hybridized carbons (Fsp3) is 0.643. The molecule has 0 aromatic rings. The fourth-order valence-corrected chi connectivity index (χ4v) is 1.26. The van der Waals surface area contributed by atoms with E-state index >= 15 is 0 Å². The Hall–Kier alpha value is -1.25. The van der Waals surface area contributed by atoms with Crippen LogP contribution in [0.1, 0.15) is 46.5 Å². The Morgan fingerprint density at radius 3 is 2.00 bits per heavy atom. The molecule has 0 aliphatic carbocycles. The van der Waals surface area contributed by atoms with Gasteiger partial charge in [-0.15, -0.1) is 0 Å². The monoisotopic (exact) mass is 239 g/mol. The first-order valence-electron chi connectivity index (χ1n) is 6.49. The number of hydrogen-bond acceptors (Lipinski definition) is 3. The summed E-state index contributed by atoms with van der Waals surface area (Å²) in [5, 5.41) is 0. The van der Waals surface area contributed by atoms with Gasteiger partial charge in [-0.25, -0.2) is 0 Å². The summed E-state index contributed by atoms with van der Waals surface area (Å²) < 4.78 is 4.94. The zero-order valence-electron chi connectivity index (χ0n) is 11.3. The number of unbranched alkanes of at least 4 members (excludes halogenated alkanes) is 2. The van der Waals surface area contributed by atoms with Crippen LogP contribution in [-0.2, 0) is 9.53 Å². The minimum absolute atomic E-state index is 0.185. The molecular formula is C14H25NO2. The van der Waals surface area contributed by atoms with Gasteiger partial charge in [-0.3, -0.25) is 4.79 Å². The molecule has 0 aromatic heterocycles. The summed E-state index contributed by atoms with van der Waals surface area (Å²) in [6.45, 7) is 6.81. The lowest BCUT2D eigenvalue weighted by atomic mass is 10.3. The molecule has 0 aliphatic heterocycles. The summed E-state index contributed by atoms with van der Waals surface area (Å²) in [7, 11) is 0. The summed E-state index contributed by atoms with van der Waals surface area (Å²) >= 11 is 0. The number of esters is 1. The van der Waals surface area contributed by atoms with Gasteiger partial charge in [-0.1, -0.05) is 38.8 Å². The second-order valence-corrected chi connectivity index (χ2v) is 3.82. The zero-order chi connectivity index (χ0) is 12.9. The van der Waals surface area contributed by atoms with Crippen molar-refractivity contribution in [3.05, 3.63) is 24.6 Å². The van der Waals surface area contributed by atoms with Crippen LogP contribution in [0.3, 0.4) is 0 Å². The minimum Gasteiger partial charge on any atom is -0.465 e. The molecule has 0 aliphatic rings. The van der Waals surface area contributed by atoms with Crippen LogP contribution < -0.4 is 0 Å². The SMILES string of the molecule is CCCC=CN(C=CCCC)CC(=O)OCC. The van der Waals surface area contributed by atoms with Crippen molar-refractivity contribution in [2.24, 2.45) is 0 Å². The molecule has 0 N–H and O–H groups in total. The van der Waals surface area contributed by atoms with Gasteiger partial charge < -0.3 is 9.64 Å². The van der Waals surface area contributed by atoms with Crippen LogP contribution in [0.5, 0.6) is 0 Å². The molecule has 0 bridgehead atoms. The third-order valence-electron chi connectivity index (χ3n) is 2.12.